The van der Waals surface area contributed by atoms with Gasteiger partial charge in [0.1, 0.15) is 5.82 Å². The first-order valence-corrected chi connectivity index (χ1v) is 14.9. The van der Waals surface area contributed by atoms with Gasteiger partial charge in [-0.3, -0.25) is 19.6 Å². The zero-order valence-corrected chi connectivity index (χ0v) is 24.4. The van der Waals surface area contributed by atoms with Crippen molar-refractivity contribution in [2.45, 2.75) is 45.7 Å². The molecule has 1 aliphatic carbocycles. The fourth-order valence-electron chi connectivity index (χ4n) is 6.24. The Labute approximate surface area is 241 Å². The van der Waals surface area contributed by atoms with Gasteiger partial charge < -0.3 is 21.3 Å². The summed E-state index contributed by atoms with van der Waals surface area (Å²) >= 11 is 0. The van der Waals surface area contributed by atoms with Gasteiger partial charge in [-0.05, 0) is 67.3 Å². The number of nitrogens with one attached hydrogen (secondary N) is 1. The van der Waals surface area contributed by atoms with Gasteiger partial charge in [0, 0.05) is 64.0 Å². The average molecular weight is 565 g/mol. The number of anilines is 1. The zero-order valence-electron chi connectivity index (χ0n) is 24.4. The summed E-state index contributed by atoms with van der Waals surface area (Å²) in [7, 11) is 0. The number of likely N-dealkylation sites (tertiary alicyclic amines) is 1. The fourth-order valence-corrected chi connectivity index (χ4v) is 6.24. The summed E-state index contributed by atoms with van der Waals surface area (Å²) in [5, 5.41) is 2.72. The van der Waals surface area contributed by atoms with Crippen LogP contribution in [0.15, 0.2) is 41.3 Å². The van der Waals surface area contributed by atoms with E-state index in [0.717, 1.165) is 49.5 Å². The molecule has 3 amide bonds. The van der Waals surface area contributed by atoms with Crippen molar-refractivity contribution in [3.63, 3.8) is 0 Å². The molecule has 5 atom stereocenters. The van der Waals surface area contributed by atoms with Gasteiger partial charge in [0.05, 0.1) is 5.69 Å². The molecule has 2 saturated heterocycles. The monoisotopic (exact) mass is 564 g/mol. The van der Waals surface area contributed by atoms with Crippen molar-refractivity contribution in [2.24, 2.45) is 35.1 Å². The molecular weight excluding hydrogens is 520 g/mol. The van der Waals surface area contributed by atoms with Crippen molar-refractivity contribution >= 4 is 17.8 Å². The summed E-state index contributed by atoms with van der Waals surface area (Å²) in [5.41, 5.74) is 13.4. The second-order valence-electron chi connectivity index (χ2n) is 12.3. The molecule has 3 fully saturated rings. The Morgan fingerprint density at radius 2 is 1.63 bits per heavy atom. The number of nitrogens with zero attached hydrogens (tertiary/aromatic N) is 5. The largest absolute Gasteiger partial charge is 0.354 e. The van der Waals surface area contributed by atoms with Gasteiger partial charge in [0.25, 0.3) is 0 Å². The average Bonchev–Trinajstić information content (AvgIpc) is 3.43. The second kappa shape index (κ2) is 12.3. The number of piperidine rings is 1. The Morgan fingerprint density at radius 3 is 2.22 bits per heavy atom. The van der Waals surface area contributed by atoms with Crippen LogP contribution in [0.4, 0.5) is 10.6 Å². The minimum Gasteiger partial charge on any atom is -0.339 e. The molecular formula is C30H44N8O3. The Hall–Kier alpha value is -3.28. The van der Waals surface area contributed by atoms with E-state index in [1.54, 1.807) is 22.1 Å². The Kier molecular flexibility index (Phi) is 8.77. The molecule has 222 valence electrons. The van der Waals surface area contributed by atoms with Crippen molar-refractivity contribution in [3.8, 4) is 5.69 Å². The van der Waals surface area contributed by atoms with Gasteiger partial charge in [0.2, 0.25) is 5.91 Å². The second-order valence-corrected chi connectivity index (χ2v) is 12.3. The van der Waals surface area contributed by atoms with Crippen LogP contribution in [0, 0.1) is 23.7 Å². The highest BCUT2D eigenvalue weighted by Crippen LogP contribution is 2.51. The van der Waals surface area contributed by atoms with Crippen LogP contribution in [0.25, 0.3) is 5.69 Å². The summed E-state index contributed by atoms with van der Waals surface area (Å²) in [6.45, 7) is 11.1. The van der Waals surface area contributed by atoms with Gasteiger partial charge >= 0.3 is 11.7 Å². The fraction of sp³-hybridized carbons (Fsp3) is 0.600. The van der Waals surface area contributed by atoms with Crippen molar-refractivity contribution in [3.05, 3.63) is 52.6 Å². The van der Waals surface area contributed by atoms with E-state index in [1.807, 2.05) is 26.0 Å². The van der Waals surface area contributed by atoms with Gasteiger partial charge in [0.15, 0.2) is 0 Å². The van der Waals surface area contributed by atoms with E-state index >= 15 is 0 Å². The Balaban J connectivity index is 1.10. The topological polar surface area (TPSA) is 143 Å². The standard InChI is InChI=1S/C30H44N8O3/c1-19(2)26(32)15-28(39)35-10-12-36(13-11-35)29(40)33-27-8-9-38(30(41)34-27)22-6-4-21(5-7-22)14-20(3)37-17-24-23(16-31)25(24)18-37/h4-9,19-20,23-26H,10-18,31-32H2,1-3H3,(H,33,34,40,41)/t20?,23?,24-,25+,26?. The summed E-state index contributed by atoms with van der Waals surface area (Å²) in [6.07, 6.45) is 2.89. The minimum absolute atomic E-state index is 0.0167. The molecule has 11 nitrogen and oxygen atoms in total. The number of amides is 3. The van der Waals surface area contributed by atoms with Crippen LogP contribution in [0.2, 0.25) is 0 Å². The predicted molar refractivity (Wildman–Crippen MR) is 159 cm³/mol. The van der Waals surface area contributed by atoms with Crippen LogP contribution in [0.3, 0.4) is 0 Å². The number of aromatic nitrogens is 2. The van der Waals surface area contributed by atoms with E-state index in [9.17, 15) is 14.4 Å². The lowest BCUT2D eigenvalue weighted by molar-refractivity contribution is -0.133. The number of nitrogens with two attached hydrogens (primary N) is 2. The quantitative estimate of drug-likeness (QED) is 0.417. The molecule has 11 heteroatoms. The van der Waals surface area contributed by atoms with Crippen molar-refractivity contribution in [1.82, 2.24) is 24.3 Å². The summed E-state index contributed by atoms with van der Waals surface area (Å²) in [4.78, 5) is 48.1. The molecule has 3 aliphatic rings. The van der Waals surface area contributed by atoms with Gasteiger partial charge in [-0.25, -0.2) is 9.59 Å². The molecule has 3 heterocycles. The molecule has 1 aromatic heterocycles. The van der Waals surface area contributed by atoms with Crippen molar-refractivity contribution in [1.29, 1.82) is 0 Å². The molecule has 5 N–H and O–H groups in total. The maximum atomic E-state index is 12.8. The third-order valence-electron chi connectivity index (χ3n) is 9.27. The number of carbonyl (C=O) groups is 2. The summed E-state index contributed by atoms with van der Waals surface area (Å²) in [5.74, 6) is 2.76. The maximum Gasteiger partial charge on any atom is 0.354 e. The number of hydrogen-bond donors (Lipinski definition) is 3. The molecule has 0 bridgehead atoms. The van der Waals surface area contributed by atoms with Crippen LogP contribution >= 0.6 is 0 Å². The maximum absolute atomic E-state index is 12.8. The zero-order chi connectivity index (χ0) is 29.3. The van der Waals surface area contributed by atoms with Crippen LogP contribution in [0.5, 0.6) is 0 Å². The molecule has 3 unspecified atom stereocenters. The smallest absolute Gasteiger partial charge is 0.339 e. The Bertz CT molecular complexity index is 1280. The molecule has 41 heavy (non-hydrogen) atoms. The lowest BCUT2D eigenvalue weighted by Crippen LogP contribution is -2.52. The molecule has 0 radical (unpaired) electrons. The lowest BCUT2D eigenvalue weighted by Gasteiger charge is -2.35. The highest BCUT2D eigenvalue weighted by molar-refractivity contribution is 5.88. The van der Waals surface area contributed by atoms with Crippen molar-refractivity contribution in [2.75, 3.05) is 51.1 Å². The molecule has 0 spiro atoms. The molecule has 1 aromatic carbocycles. The number of carbonyl (C=O) groups excluding carboxylic acids is 2. The highest BCUT2D eigenvalue weighted by atomic mass is 16.2. The summed E-state index contributed by atoms with van der Waals surface area (Å²) < 4.78 is 1.47. The molecule has 5 rings (SSSR count). The number of benzene rings is 1. The van der Waals surface area contributed by atoms with E-state index in [4.69, 9.17) is 11.5 Å². The van der Waals surface area contributed by atoms with E-state index in [1.165, 1.54) is 10.1 Å². The van der Waals surface area contributed by atoms with E-state index in [2.05, 4.69) is 34.3 Å². The van der Waals surface area contributed by atoms with Gasteiger partial charge in [-0.15, -0.1) is 0 Å². The first-order chi connectivity index (χ1) is 19.6. The number of fused-ring (bicyclic) bond motifs is 1. The first kappa shape index (κ1) is 29.2. The van der Waals surface area contributed by atoms with Gasteiger partial charge in [-0.2, -0.15) is 4.98 Å². The molecule has 2 aromatic rings. The highest BCUT2D eigenvalue weighted by Gasteiger charge is 2.55. The van der Waals surface area contributed by atoms with Gasteiger partial charge in [-0.1, -0.05) is 26.0 Å². The van der Waals surface area contributed by atoms with Crippen LogP contribution in [0.1, 0.15) is 32.8 Å². The number of urea groups is 1. The SMILES string of the molecule is CC(C)C(N)CC(=O)N1CCN(C(=O)Nc2ccn(-c3ccc(CC(C)N4C[C@@H]5C(CN)[C@@H]5C4)cc3)c(=O)n2)CC1. The Morgan fingerprint density at radius 1 is 1.00 bits per heavy atom. The minimum atomic E-state index is -0.466. The molecule has 1 saturated carbocycles. The van der Waals surface area contributed by atoms with Crippen LogP contribution in [-0.4, -0.2) is 94.1 Å². The third kappa shape index (κ3) is 6.63. The number of rotatable bonds is 9. The van der Waals surface area contributed by atoms with E-state index in [0.29, 0.717) is 38.6 Å². The number of hydrogen-bond acceptors (Lipinski definition) is 7. The summed E-state index contributed by atoms with van der Waals surface area (Å²) in [6, 6.07) is 9.57. The van der Waals surface area contributed by atoms with Crippen LogP contribution in [-0.2, 0) is 11.2 Å². The lowest BCUT2D eigenvalue weighted by atomic mass is 10.0. The van der Waals surface area contributed by atoms with E-state index < -0.39 is 5.69 Å². The first-order valence-electron chi connectivity index (χ1n) is 14.9. The predicted octanol–water partition coefficient (Wildman–Crippen LogP) is 1.35. The molecule has 2 aliphatic heterocycles. The van der Waals surface area contributed by atoms with E-state index in [-0.39, 0.29) is 29.7 Å². The normalized spacial score (nSPS) is 23.8. The third-order valence-corrected chi connectivity index (χ3v) is 9.27. The van der Waals surface area contributed by atoms with Crippen molar-refractivity contribution < 1.29 is 9.59 Å². The van der Waals surface area contributed by atoms with Crippen LogP contribution < -0.4 is 22.5 Å². The number of piperazine rings is 1.